The number of amides is 1. The number of aromatic hydroxyl groups is 1. The number of nitrogens with two attached hydrogens (primary N) is 1. The number of para-hydroxylation sites is 1. The van der Waals surface area contributed by atoms with Crippen molar-refractivity contribution in [2.45, 2.75) is 0 Å². The summed E-state index contributed by atoms with van der Waals surface area (Å²) in [7, 11) is 1.41. The van der Waals surface area contributed by atoms with E-state index >= 15 is 0 Å². The first-order valence-corrected chi connectivity index (χ1v) is 6.14. The number of phenols is 1. The van der Waals surface area contributed by atoms with Crippen LogP contribution in [-0.2, 0) is 0 Å². The molecule has 0 spiro atoms. The molecule has 0 atom stereocenters. The number of anilines is 1. The molecule has 0 aliphatic rings. The zero-order valence-electron chi connectivity index (χ0n) is 11.4. The summed E-state index contributed by atoms with van der Waals surface area (Å²) in [5.74, 6) is -0.479. The van der Waals surface area contributed by atoms with Gasteiger partial charge in [-0.05, 0) is 36.4 Å². The van der Waals surface area contributed by atoms with Crippen molar-refractivity contribution in [1.82, 2.24) is 0 Å². The highest BCUT2D eigenvalue weighted by molar-refractivity contribution is 6.06. The number of hydrogen-bond acceptors (Lipinski definition) is 4. The van der Waals surface area contributed by atoms with E-state index in [4.69, 9.17) is 15.9 Å². The molecule has 2 aromatic carbocycles. The molecular weight excluding hydrogens is 270 g/mol. The molecular formula is C15H15N3O3. The van der Waals surface area contributed by atoms with E-state index in [-0.39, 0.29) is 22.9 Å². The molecule has 0 fully saturated rings. The molecule has 5 N–H and O–H groups in total. The summed E-state index contributed by atoms with van der Waals surface area (Å²) in [6.07, 6.45) is 0. The molecule has 0 aliphatic carbocycles. The predicted molar refractivity (Wildman–Crippen MR) is 80.1 cm³/mol. The Morgan fingerprint density at radius 2 is 1.90 bits per heavy atom. The minimum Gasteiger partial charge on any atom is -0.504 e. The smallest absolute Gasteiger partial charge is 0.259 e. The Morgan fingerprint density at radius 3 is 2.48 bits per heavy atom. The van der Waals surface area contributed by atoms with Crippen molar-refractivity contribution in [1.29, 1.82) is 5.41 Å². The Labute approximate surface area is 121 Å². The lowest BCUT2D eigenvalue weighted by Crippen LogP contribution is -2.13. The topological polar surface area (TPSA) is 108 Å². The van der Waals surface area contributed by atoms with Gasteiger partial charge < -0.3 is 20.9 Å². The number of hydrogen-bond donors (Lipinski definition) is 4. The zero-order valence-corrected chi connectivity index (χ0v) is 11.4. The van der Waals surface area contributed by atoms with Crippen molar-refractivity contribution < 1.29 is 14.6 Å². The van der Waals surface area contributed by atoms with Gasteiger partial charge in [-0.3, -0.25) is 10.2 Å². The van der Waals surface area contributed by atoms with Crippen molar-refractivity contribution in [3.8, 4) is 11.5 Å². The van der Waals surface area contributed by atoms with Gasteiger partial charge in [0.25, 0.3) is 5.91 Å². The van der Waals surface area contributed by atoms with Gasteiger partial charge in [0.15, 0.2) is 11.5 Å². The summed E-state index contributed by atoms with van der Waals surface area (Å²) in [5.41, 5.74) is 6.57. The highest BCUT2D eigenvalue weighted by Gasteiger charge is 2.14. The summed E-state index contributed by atoms with van der Waals surface area (Å²) in [5, 5.41) is 19.9. The second kappa shape index (κ2) is 5.96. The third-order valence-corrected chi connectivity index (χ3v) is 2.92. The fraction of sp³-hybridized carbons (Fsp3) is 0.0667. The molecule has 6 nitrogen and oxygen atoms in total. The first kappa shape index (κ1) is 14.4. The number of rotatable bonds is 4. The van der Waals surface area contributed by atoms with Crippen LogP contribution in [0.2, 0.25) is 0 Å². The second-order valence-electron chi connectivity index (χ2n) is 4.30. The lowest BCUT2D eigenvalue weighted by Gasteiger charge is -2.09. The summed E-state index contributed by atoms with van der Waals surface area (Å²) >= 11 is 0. The number of amidine groups is 1. The van der Waals surface area contributed by atoms with Crippen LogP contribution >= 0.6 is 0 Å². The van der Waals surface area contributed by atoms with Crippen molar-refractivity contribution in [3.63, 3.8) is 0 Å². The third-order valence-electron chi connectivity index (χ3n) is 2.92. The summed E-state index contributed by atoms with van der Waals surface area (Å²) in [6.45, 7) is 0. The molecule has 0 radical (unpaired) electrons. The maximum absolute atomic E-state index is 12.1. The van der Waals surface area contributed by atoms with Gasteiger partial charge in [0.2, 0.25) is 0 Å². The van der Waals surface area contributed by atoms with Crippen LogP contribution in [0.15, 0.2) is 42.5 Å². The van der Waals surface area contributed by atoms with Gasteiger partial charge in [-0.25, -0.2) is 0 Å². The third kappa shape index (κ3) is 3.11. The molecule has 0 aliphatic heterocycles. The van der Waals surface area contributed by atoms with Crippen molar-refractivity contribution in [3.05, 3.63) is 53.6 Å². The lowest BCUT2D eigenvalue weighted by atomic mass is 10.1. The average Bonchev–Trinajstić information content (AvgIpc) is 2.48. The standard InChI is InChI=1S/C15H15N3O3/c1-21-12-4-2-3-11(13(12)19)15(20)18-10-7-5-9(6-8-10)14(16)17/h2-8,19H,1H3,(H3,16,17)(H,18,20). The van der Waals surface area contributed by atoms with Gasteiger partial charge in [0, 0.05) is 11.3 Å². The molecule has 108 valence electrons. The molecule has 0 aromatic heterocycles. The molecule has 0 heterocycles. The Bertz CT molecular complexity index is 681. The fourth-order valence-electron chi connectivity index (χ4n) is 1.80. The highest BCUT2D eigenvalue weighted by atomic mass is 16.5. The molecule has 0 unspecified atom stereocenters. The van der Waals surface area contributed by atoms with Gasteiger partial charge in [-0.2, -0.15) is 0 Å². The SMILES string of the molecule is COc1cccc(C(=O)Nc2ccc(C(=N)N)cc2)c1O. The molecule has 21 heavy (non-hydrogen) atoms. The van der Waals surface area contributed by atoms with E-state index in [1.54, 1.807) is 36.4 Å². The number of nitrogen functional groups attached to an aromatic ring is 1. The first-order chi connectivity index (χ1) is 10.0. The lowest BCUT2D eigenvalue weighted by molar-refractivity contribution is 0.102. The molecule has 0 saturated heterocycles. The van der Waals surface area contributed by atoms with E-state index in [0.717, 1.165) is 0 Å². The van der Waals surface area contributed by atoms with Gasteiger partial charge in [-0.15, -0.1) is 0 Å². The van der Waals surface area contributed by atoms with E-state index in [0.29, 0.717) is 11.3 Å². The van der Waals surface area contributed by atoms with E-state index in [9.17, 15) is 9.90 Å². The maximum atomic E-state index is 12.1. The monoisotopic (exact) mass is 285 g/mol. The number of nitrogens with one attached hydrogen (secondary N) is 2. The van der Waals surface area contributed by atoms with E-state index in [2.05, 4.69) is 5.32 Å². The maximum Gasteiger partial charge on any atom is 0.259 e. The first-order valence-electron chi connectivity index (χ1n) is 6.14. The van der Waals surface area contributed by atoms with Crippen LogP contribution in [-0.4, -0.2) is 24.0 Å². The number of benzene rings is 2. The number of carbonyl (C=O) groups excluding carboxylic acids is 1. The number of carbonyl (C=O) groups is 1. The number of ether oxygens (including phenoxy) is 1. The molecule has 2 aromatic rings. The van der Waals surface area contributed by atoms with Crippen molar-refractivity contribution >= 4 is 17.4 Å². The van der Waals surface area contributed by atoms with Crippen molar-refractivity contribution in [2.75, 3.05) is 12.4 Å². The number of phenolic OH excluding ortho intramolecular Hbond substituents is 1. The van der Waals surface area contributed by atoms with E-state index in [1.165, 1.54) is 13.2 Å². The van der Waals surface area contributed by atoms with Crippen LogP contribution in [0, 0.1) is 5.41 Å². The Kier molecular flexibility index (Phi) is 4.08. The molecule has 6 heteroatoms. The van der Waals surface area contributed by atoms with Crippen LogP contribution in [0.4, 0.5) is 5.69 Å². The van der Waals surface area contributed by atoms with Gasteiger partial charge in [0.1, 0.15) is 5.84 Å². The molecule has 2 rings (SSSR count). The van der Waals surface area contributed by atoms with Gasteiger partial charge in [0.05, 0.1) is 12.7 Å². The Balaban J connectivity index is 2.20. The summed E-state index contributed by atoms with van der Waals surface area (Å²) in [6, 6.07) is 11.2. The Hall–Kier alpha value is -3.02. The van der Waals surface area contributed by atoms with Crippen LogP contribution in [0.1, 0.15) is 15.9 Å². The quantitative estimate of drug-likeness (QED) is 0.508. The van der Waals surface area contributed by atoms with Crippen molar-refractivity contribution in [2.24, 2.45) is 5.73 Å². The Morgan fingerprint density at radius 1 is 1.24 bits per heavy atom. The van der Waals surface area contributed by atoms with Gasteiger partial charge >= 0.3 is 0 Å². The largest absolute Gasteiger partial charge is 0.504 e. The van der Waals surface area contributed by atoms with Gasteiger partial charge in [-0.1, -0.05) is 6.07 Å². The normalized spacial score (nSPS) is 9.95. The minimum absolute atomic E-state index is 0.0432. The molecule has 0 bridgehead atoms. The predicted octanol–water partition coefficient (Wildman–Crippen LogP) is 1.94. The fourth-order valence-corrected chi connectivity index (χ4v) is 1.80. The highest BCUT2D eigenvalue weighted by Crippen LogP contribution is 2.29. The van der Waals surface area contributed by atoms with Crippen LogP contribution in [0.5, 0.6) is 11.5 Å². The molecule has 0 saturated carbocycles. The van der Waals surface area contributed by atoms with Crippen LogP contribution < -0.4 is 15.8 Å². The summed E-state index contributed by atoms with van der Waals surface area (Å²) < 4.78 is 4.96. The van der Waals surface area contributed by atoms with Crippen LogP contribution in [0.25, 0.3) is 0 Å². The zero-order chi connectivity index (χ0) is 15.4. The average molecular weight is 285 g/mol. The van der Waals surface area contributed by atoms with E-state index < -0.39 is 5.91 Å². The molecule has 1 amide bonds. The number of methoxy groups -OCH3 is 1. The van der Waals surface area contributed by atoms with E-state index in [1.807, 2.05) is 0 Å². The second-order valence-corrected chi connectivity index (χ2v) is 4.30. The minimum atomic E-state index is -0.457. The van der Waals surface area contributed by atoms with Crippen LogP contribution in [0.3, 0.4) is 0 Å². The summed E-state index contributed by atoms with van der Waals surface area (Å²) in [4.78, 5) is 12.1.